The van der Waals surface area contributed by atoms with Crippen molar-refractivity contribution in [2.45, 2.75) is 31.7 Å². The van der Waals surface area contributed by atoms with E-state index in [-0.39, 0.29) is 17.7 Å². The van der Waals surface area contributed by atoms with Crippen LogP contribution >= 0.6 is 15.9 Å². The Kier molecular flexibility index (Phi) is 5.13. The third kappa shape index (κ3) is 4.62. The first-order valence-corrected chi connectivity index (χ1v) is 7.74. The summed E-state index contributed by atoms with van der Waals surface area (Å²) in [7, 11) is 0. The van der Waals surface area contributed by atoms with E-state index in [0.717, 1.165) is 36.7 Å². The van der Waals surface area contributed by atoms with E-state index in [1.54, 1.807) is 0 Å². The summed E-state index contributed by atoms with van der Waals surface area (Å²) in [6, 6.07) is 5.05. The lowest BCUT2D eigenvalue weighted by atomic mass is 10.1. The van der Waals surface area contributed by atoms with Crippen LogP contribution in [0.1, 0.15) is 29.6 Å². The fourth-order valence-corrected chi connectivity index (χ4v) is 3.25. The molecule has 0 radical (unpaired) electrons. The average molecular weight is 366 g/mol. The Labute approximate surface area is 129 Å². The molecule has 2 rings (SSSR count). The van der Waals surface area contributed by atoms with Crippen molar-refractivity contribution < 1.29 is 22.7 Å². The Morgan fingerprint density at radius 3 is 2.52 bits per heavy atom. The number of benzene rings is 1. The van der Waals surface area contributed by atoms with E-state index in [0.29, 0.717) is 11.5 Å². The number of nitrogens with one attached hydrogen (secondary N) is 1. The number of amides is 1. The molecule has 116 valence electrons. The minimum absolute atomic E-state index is 0.114. The summed E-state index contributed by atoms with van der Waals surface area (Å²) >= 11 is 3.43. The summed E-state index contributed by atoms with van der Waals surface area (Å²) in [5, 5.41) is 3.76. The molecule has 3 nitrogen and oxygen atoms in total. The summed E-state index contributed by atoms with van der Waals surface area (Å²) in [4.78, 5) is 12.1. The molecule has 1 aromatic rings. The van der Waals surface area contributed by atoms with Gasteiger partial charge in [0.05, 0.1) is 0 Å². The molecule has 1 amide bonds. The molecule has 0 heterocycles. The highest BCUT2D eigenvalue weighted by Gasteiger charge is 2.31. The second-order valence-corrected chi connectivity index (χ2v) is 5.64. The molecule has 7 heteroatoms. The predicted molar refractivity (Wildman–Crippen MR) is 75.5 cm³/mol. The molecular formula is C14H15BrF3NO2. The monoisotopic (exact) mass is 365 g/mol. The van der Waals surface area contributed by atoms with Gasteiger partial charge in [-0.25, -0.2) is 0 Å². The first kappa shape index (κ1) is 16.1. The maximum absolute atomic E-state index is 12.1. The van der Waals surface area contributed by atoms with Crippen LogP contribution in [0.4, 0.5) is 13.2 Å². The fourth-order valence-electron chi connectivity index (χ4n) is 2.47. The molecule has 1 aromatic carbocycles. The number of carbonyl (C=O) groups is 1. The van der Waals surface area contributed by atoms with Crippen molar-refractivity contribution in [3.63, 3.8) is 0 Å². The highest BCUT2D eigenvalue weighted by Crippen LogP contribution is 2.27. The summed E-state index contributed by atoms with van der Waals surface area (Å²) in [5.74, 6) is -0.202. The van der Waals surface area contributed by atoms with Crippen molar-refractivity contribution in [2.75, 3.05) is 5.33 Å². The molecule has 0 spiro atoms. The number of alkyl halides is 4. The maximum atomic E-state index is 12.1. The van der Waals surface area contributed by atoms with Gasteiger partial charge in [0.1, 0.15) is 5.75 Å². The average Bonchev–Trinajstić information content (AvgIpc) is 2.85. The van der Waals surface area contributed by atoms with Crippen LogP contribution in [0.15, 0.2) is 24.3 Å². The predicted octanol–water partition coefficient (Wildman–Crippen LogP) is 3.88. The zero-order valence-corrected chi connectivity index (χ0v) is 12.7. The molecule has 0 bridgehead atoms. The minimum Gasteiger partial charge on any atom is -0.406 e. The largest absolute Gasteiger partial charge is 0.573 e. The van der Waals surface area contributed by atoms with E-state index in [1.807, 2.05) is 0 Å². The van der Waals surface area contributed by atoms with E-state index in [4.69, 9.17) is 0 Å². The molecule has 21 heavy (non-hydrogen) atoms. The molecule has 1 aliphatic carbocycles. The number of ether oxygens (including phenoxy) is 1. The van der Waals surface area contributed by atoms with Gasteiger partial charge in [-0.05, 0) is 43.0 Å². The first-order chi connectivity index (χ1) is 9.89. The van der Waals surface area contributed by atoms with Crippen molar-refractivity contribution in [2.24, 2.45) is 5.92 Å². The second kappa shape index (κ2) is 6.68. The van der Waals surface area contributed by atoms with Crippen LogP contribution in [0.3, 0.4) is 0 Å². The summed E-state index contributed by atoms with van der Waals surface area (Å²) in [6.45, 7) is 0. The quantitative estimate of drug-likeness (QED) is 0.822. The summed E-state index contributed by atoms with van der Waals surface area (Å²) < 4.78 is 39.9. The lowest BCUT2D eigenvalue weighted by Gasteiger charge is -2.19. The molecular weight excluding hydrogens is 351 g/mol. The molecule has 1 aliphatic rings. The second-order valence-electron chi connectivity index (χ2n) is 5.00. The van der Waals surface area contributed by atoms with Gasteiger partial charge in [-0.15, -0.1) is 13.2 Å². The molecule has 1 fully saturated rings. The van der Waals surface area contributed by atoms with Gasteiger partial charge in [-0.2, -0.15) is 0 Å². The van der Waals surface area contributed by atoms with Crippen LogP contribution in [0.5, 0.6) is 5.75 Å². The van der Waals surface area contributed by atoms with Crippen LogP contribution in [0, 0.1) is 5.92 Å². The first-order valence-electron chi connectivity index (χ1n) is 6.61. The third-order valence-corrected chi connectivity index (χ3v) is 4.36. The Balaban J connectivity index is 1.97. The number of hydrogen-bond acceptors (Lipinski definition) is 2. The van der Waals surface area contributed by atoms with E-state index >= 15 is 0 Å². The van der Waals surface area contributed by atoms with E-state index in [2.05, 4.69) is 26.0 Å². The van der Waals surface area contributed by atoms with Crippen molar-refractivity contribution in [3.05, 3.63) is 29.8 Å². The molecule has 0 aliphatic heterocycles. The number of hydrogen-bond donors (Lipinski definition) is 1. The van der Waals surface area contributed by atoms with Crippen LogP contribution in [-0.4, -0.2) is 23.6 Å². The number of rotatable bonds is 4. The highest BCUT2D eigenvalue weighted by atomic mass is 79.9. The smallest absolute Gasteiger partial charge is 0.406 e. The van der Waals surface area contributed by atoms with Crippen molar-refractivity contribution in [1.29, 1.82) is 0 Å². The van der Waals surface area contributed by atoms with Crippen molar-refractivity contribution >= 4 is 21.8 Å². The zero-order valence-electron chi connectivity index (χ0n) is 11.1. The van der Waals surface area contributed by atoms with Crippen LogP contribution in [0.2, 0.25) is 0 Å². The Bertz CT molecular complexity index is 490. The van der Waals surface area contributed by atoms with Crippen LogP contribution < -0.4 is 10.1 Å². The van der Waals surface area contributed by atoms with Gasteiger partial charge in [0.25, 0.3) is 5.91 Å². The zero-order chi connectivity index (χ0) is 15.5. The highest BCUT2D eigenvalue weighted by molar-refractivity contribution is 9.09. The van der Waals surface area contributed by atoms with Gasteiger partial charge < -0.3 is 10.1 Å². The Morgan fingerprint density at radius 1 is 1.29 bits per heavy atom. The normalized spacial score (nSPS) is 22.1. The van der Waals surface area contributed by atoms with Gasteiger partial charge in [0, 0.05) is 16.9 Å². The Morgan fingerprint density at radius 2 is 1.95 bits per heavy atom. The van der Waals surface area contributed by atoms with Gasteiger partial charge in [0.15, 0.2) is 0 Å². The molecule has 0 saturated heterocycles. The molecule has 1 N–H and O–H groups in total. The van der Waals surface area contributed by atoms with Gasteiger partial charge in [-0.3, -0.25) is 4.79 Å². The van der Waals surface area contributed by atoms with Gasteiger partial charge >= 0.3 is 6.36 Å². The third-order valence-electron chi connectivity index (χ3n) is 3.52. The van der Waals surface area contributed by atoms with Gasteiger partial charge in [0.2, 0.25) is 0 Å². The fraction of sp³-hybridized carbons (Fsp3) is 0.500. The van der Waals surface area contributed by atoms with Crippen molar-refractivity contribution in [1.82, 2.24) is 5.32 Å². The summed E-state index contributed by atoms with van der Waals surface area (Å²) in [6.07, 6.45) is -1.66. The lowest BCUT2D eigenvalue weighted by molar-refractivity contribution is -0.274. The summed E-state index contributed by atoms with van der Waals surface area (Å²) in [5.41, 5.74) is 0.324. The van der Waals surface area contributed by atoms with Crippen molar-refractivity contribution in [3.8, 4) is 5.75 Å². The van der Waals surface area contributed by atoms with Crippen LogP contribution in [0.25, 0.3) is 0 Å². The maximum Gasteiger partial charge on any atom is 0.573 e. The Hall–Kier alpha value is -1.24. The van der Waals surface area contributed by atoms with Crippen LogP contribution in [-0.2, 0) is 0 Å². The number of halogens is 4. The van der Waals surface area contributed by atoms with E-state index in [1.165, 1.54) is 12.1 Å². The molecule has 2 unspecified atom stereocenters. The SMILES string of the molecule is O=C(NC1CCCC1CBr)c1ccc(OC(F)(F)F)cc1. The molecule has 1 saturated carbocycles. The van der Waals surface area contributed by atoms with E-state index in [9.17, 15) is 18.0 Å². The minimum atomic E-state index is -4.73. The van der Waals surface area contributed by atoms with E-state index < -0.39 is 6.36 Å². The topological polar surface area (TPSA) is 38.3 Å². The number of carbonyl (C=O) groups excluding carboxylic acids is 1. The van der Waals surface area contributed by atoms with Gasteiger partial charge in [-0.1, -0.05) is 22.4 Å². The lowest BCUT2D eigenvalue weighted by Crippen LogP contribution is -2.37. The standard InChI is InChI=1S/C14H15BrF3NO2/c15-8-10-2-1-3-12(10)19-13(20)9-4-6-11(7-5-9)21-14(16,17)18/h4-7,10,12H,1-3,8H2,(H,19,20). The molecule has 0 aromatic heterocycles. The molecule has 2 atom stereocenters.